The van der Waals surface area contributed by atoms with Gasteiger partial charge in [0.25, 0.3) is 0 Å². The Hall–Kier alpha value is -1.59. The van der Waals surface area contributed by atoms with Gasteiger partial charge in [-0.3, -0.25) is 14.9 Å². The summed E-state index contributed by atoms with van der Waals surface area (Å²) in [6, 6.07) is -1.32. The van der Waals surface area contributed by atoms with Crippen LogP contribution in [0.4, 0.5) is 4.79 Å². The van der Waals surface area contributed by atoms with Crippen molar-refractivity contribution in [3.8, 4) is 0 Å². The molecule has 2 atom stereocenters. The first-order valence-electron chi connectivity index (χ1n) is 4.93. The Kier molecular flexibility index (Phi) is 3.65. The van der Waals surface area contributed by atoms with Crippen LogP contribution < -0.4 is 16.0 Å². The number of hydrogen-bond acceptors (Lipinski definition) is 3. The number of hydrogen-bond donors (Lipinski definition) is 3. The lowest BCUT2D eigenvalue weighted by Gasteiger charge is -2.23. The monoisotopic (exact) mass is 213 g/mol. The third-order valence-corrected chi connectivity index (χ3v) is 2.27. The zero-order valence-corrected chi connectivity index (χ0v) is 8.79. The van der Waals surface area contributed by atoms with Crippen molar-refractivity contribution in [3.63, 3.8) is 0 Å². The Morgan fingerprint density at radius 1 is 1.60 bits per heavy atom. The Morgan fingerprint density at radius 2 is 2.27 bits per heavy atom. The number of imide groups is 1. The van der Waals surface area contributed by atoms with Gasteiger partial charge >= 0.3 is 6.03 Å². The number of rotatable bonds is 3. The molecule has 6 heteroatoms. The van der Waals surface area contributed by atoms with Crippen molar-refractivity contribution in [2.75, 3.05) is 0 Å². The third kappa shape index (κ3) is 3.23. The molecule has 1 rings (SSSR count). The average molecular weight is 213 g/mol. The average Bonchev–Trinajstić information content (AvgIpc) is 2.16. The van der Waals surface area contributed by atoms with Crippen LogP contribution in [0.1, 0.15) is 26.7 Å². The highest BCUT2D eigenvalue weighted by Crippen LogP contribution is 1.99. The fourth-order valence-corrected chi connectivity index (χ4v) is 1.21. The molecule has 4 amide bonds. The Bertz CT molecular complexity index is 274. The smallest absolute Gasteiger partial charge is 0.322 e. The van der Waals surface area contributed by atoms with Gasteiger partial charge in [-0.05, 0) is 13.3 Å². The highest BCUT2D eigenvalue weighted by molar-refractivity contribution is 6.02. The highest BCUT2D eigenvalue weighted by atomic mass is 16.2. The molecule has 0 radical (unpaired) electrons. The first kappa shape index (κ1) is 11.5. The molecule has 1 aliphatic rings. The van der Waals surface area contributed by atoms with Crippen LogP contribution in [-0.2, 0) is 9.59 Å². The molecule has 6 nitrogen and oxygen atoms in total. The molecule has 2 unspecified atom stereocenters. The van der Waals surface area contributed by atoms with E-state index < -0.39 is 18.0 Å². The Morgan fingerprint density at radius 3 is 2.80 bits per heavy atom. The molecule has 1 saturated heterocycles. The lowest BCUT2D eigenvalue weighted by atomic mass is 10.1. The van der Waals surface area contributed by atoms with Gasteiger partial charge < -0.3 is 10.6 Å². The summed E-state index contributed by atoms with van der Waals surface area (Å²) in [7, 11) is 0. The summed E-state index contributed by atoms with van der Waals surface area (Å²) in [6.07, 6.45) is 0.798. The van der Waals surface area contributed by atoms with E-state index in [1.54, 1.807) is 0 Å². The zero-order chi connectivity index (χ0) is 11.4. The predicted molar refractivity (Wildman–Crippen MR) is 53.0 cm³/mol. The van der Waals surface area contributed by atoms with Gasteiger partial charge in [-0.1, -0.05) is 6.92 Å². The number of carbonyl (C=O) groups is 3. The van der Waals surface area contributed by atoms with Gasteiger partial charge in [0, 0.05) is 6.04 Å². The summed E-state index contributed by atoms with van der Waals surface area (Å²) in [5.74, 6) is -0.740. The quantitative estimate of drug-likeness (QED) is 0.590. The van der Waals surface area contributed by atoms with Gasteiger partial charge in [-0.25, -0.2) is 4.79 Å². The van der Waals surface area contributed by atoms with Gasteiger partial charge in [-0.2, -0.15) is 0 Å². The number of carbonyl (C=O) groups excluding carboxylic acids is 3. The minimum Gasteiger partial charge on any atom is -0.352 e. The summed E-state index contributed by atoms with van der Waals surface area (Å²) in [5, 5.41) is 7.16. The van der Waals surface area contributed by atoms with Gasteiger partial charge in [0.1, 0.15) is 6.04 Å². The third-order valence-electron chi connectivity index (χ3n) is 2.27. The summed E-state index contributed by atoms with van der Waals surface area (Å²) < 4.78 is 0. The second-order valence-electron chi connectivity index (χ2n) is 3.60. The molecule has 84 valence electrons. The Balaban J connectivity index is 2.52. The van der Waals surface area contributed by atoms with Gasteiger partial charge in [0.15, 0.2) is 0 Å². The second kappa shape index (κ2) is 4.77. The van der Waals surface area contributed by atoms with Crippen LogP contribution in [0.25, 0.3) is 0 Å². The maximum atomic E-state index is 11.6. The van der Waals surface area contributed by atoms with Crippen molar-refractivity contribution in [1.82, 2.24) is 16.0 Å². The Labute approximate surface area is 87.8 Å². The van der Waals surface area contributed by atoms with Crippen molar-refractivity contribution in [3.05, 3.63) is 0 Å². The molecule has 3 N–H and O–H groups in total. The summed E-state index contributed by atoms with van der Waals surface area (Å²) in [4.78, 5) is 33.5. The van der Waals surface area contributed by atoms with E-state index in [4.69, 9.17) is 0 Å². The second-order valence-corrected chi connectivity index (χ2v) is 3.60. The molecule has 0 aromatic rings. The summed E-state index contributed by atoms with van der Waals surface area (Å²) in [5.41, 5.74) is 0. The minimum absolute atomic E-state index is 0.00594. The van der Waals surface area contributed by atoms with E-state index in [1.807, 2.05) is 13.8 Å². The van der Waals surface area contributed by atoms with Crippen molar-refractivity contribution < 1.29 is 14.4 Å². The van der Waals surface area contributed by atoms with E-state index in [2.05, 4.69) is 16.0 Å². The maximum Gasteiger partial charge on any atom is 0.322 e. The predicted octanol–water partition coefficient (Wildman–Crippen LogP) is -0.501. The summed E-state index contributed by atoms with van der Waals surface area (Å²) in [6.45, 7) is 3.81. The molecule has 0 aromatic carbocycles. The van der Waals surface area contributed by atoms with Crippen LogP contribution in [0.5, 0.6) is 0 Å². The van der Waals surface area contributed by atoms with Gasteiger partial charge in [-0.15, -0.1) is 0 Å². The number of amides is 4. The van der Waals surface area contributed by atoms with Crippen LogP contribution >= 0.6 is 0 Å². The summed E-state index contributed by atoms with van der Waals surface area (Å²) >= 11 is 0. The topological polar surface area (TPSA) is 87.3 Å². The van der Waals surface area contributed by atoms with Crippen molar-refractivity contribution in [1.29, 1.82) is 0 Å². The van der Waals surface area contributed by atoms with E-state index in [1.165, 1.54) is 0 Å². The molecule has 0 aliphatic carbocycles. The lowest BCUT2D eigenvalue weighted by molar-refractivity contribution is -0.129. The van der Waals surface area contributed by atoms with Gasteiger partial charge in [0.05, 0.1) is 6.42 Å². The van der Waals surface area contributed by atoms with Crippen molar-refractivity contribution in [2.45, 2.75) is 38.8 Å². The number of urea groups is 1. The van der Waals surface area contributed by atoms with Crippen LogP contribution in [0.3, 0.4) is 0 Å². The first-order chi connectivity index (χ1) is 7.02. The molecule has 0 bridgehead atoms. The number of nitrogens with one attached hydrogen (secondary N) is 3. The highest BCUT2D eigenvalue weighted by Gasteiger charge is 2.29. The van der Waals surface area contributed by atoms with E-state index >= 15 is 0 Å². The SMILES string of the molecule is CCC(C)NC(=O)C1CC(=O)NC(=O)N1. The molecule has 1 aliphatic heterocycles. The van der Waals surface area contributed by atoms with Crippen molar-refractivity contribution >= 4 is 17.8 Å². The molecule has 15 heavy (non-hydrogen) atoms. The van der Waals surface area contributed by atoms with E-state index in [0.29, 0.717) is 0 Å². The van der Waals surface area contributed by atoms with Crippen LogP contribution in [0, 0.1) is 0 Å². The van der Waals surface area contributed by atoms with Crippen LogP contribution in [0.2, 0.25) is 0 Å². The van der Waals surface area contributed by atoms with Crippen molar-refractivity contribution in [2.24, 2.45) is 0 Å². The molecule has 0 aromatic heterocycles. The standard InChI is InChI=1S/C9H15N3O3/c1-3-5(2)10-8(14)6-4-7(13)12-9(15)11-6/h5-6H,3-4H2,1-2H3,(H,10,14)(H2,11,12,13,15). The maximum absolute atomic E-state index is 11.6. The largest absolute Gasteiger partial charge is 0.352 e. The zero-order valence-electron chi connectivity index (χ0n) is 8.79. The van der Waals surface area contributed by atoms with Crippen LogP contribution in [-0.4, -0.2) is 29.9 Å². The van der Waals surface area contributed by atoms with Gasteiger partial charge in [0.2, 0.25) is 11.8 Å². The minimum atomic E-state index is -0.750. The lowest BCUT2D eigenvalue weighted by Crippen LogP contribution is -2.58. The normalized spacial score (nSPS) is 22.7. The molecular weight excluding hydrogens is 198 g/mol. The van der Waals surface area contributed by atoms with Crippen LogP contribution in [0.15, 0.2) is 0 Å². The molecule has 0 spiro atoms. The molecular formula is C9H15N3O3. The molecule has 1 fully saturated rings. The fourth-order valence-electron chi connectivity index (χ4n) is 1.21. The fraction of sp³-hybridized carbons (Fsp3) is 0.667. The first-order valence-corrected chi connectivity index (χ1v) is 4.93. The molecule has 0 saturated carbocycles. The van der Waals surface area contributed by atoms with E-state index in [-0.39, 0.29) is 18.4 Å². The molecule has 1 heterocycles. The van der Waals surface area contributed by atoms with E-state index in [9.17, 15) is 14.4 Å². The van der Waals surface area contributed by atoms with E-state index in [0.717, 1.165) is 6.42 Å².